The molecule has 0 saturated carbocycles. The van der Waals surface area contributed by atoms with E-state index in [0.29, 0.717) is 18.6 Å². The van der Waals surface area contributed by atoms with Crippen LogP contribution in [0, 0.1) is 27.7 Å². The van der Waals surface area contributed by atoms with Crippen LogP contribution in [0.15, 0.2) is 72.8 Å². The van der Waals surface area contributed by atoms with Gasteiger partial charge in [-0.25, -0.2) is 0 Å². The van der Waals surface area contributed by atoms with Crippen molar-refractivity contribution >= 4 is 22.7 Å². The minimum atomic E-state index is -5.72. The number of hydrogen-bond donors (Lipinski definition) is 2. The molecule has 12 heteroatoms. The smallest absolute Gasteiger partial charge is 0.508 e. The van der Waals surface area contributed by atoms with E-state index in [4.69, 9.17) is 9.31 Å². The molecule has 2 N–H and O–H groups in total. The van der Waals surface area contributed by atoms with Gasteiger partial charge in [0.25, 0.3) is 0 Å². The molecule has 0 aromatic heterocycles. The zero-order chi connectivity index (χ0) is 42.9. The van der Waals surface area contributed by atoms with Gasteiger partial charge in [0.2, 0.25) is 0 Å². The third kappa shape index (κ3) is 8.88. The van der Waals surface area contributed by atoms with E-state index in [2.05, 4.69) is 83.0 Å². The summed E-state index contributed by atoms with van der Waals surface area (Å²) in [4.78, 5) is 0. The van der Waals surface area contributed by atoms with Crippen LogP contribution in [0.1, 0.15) is 126 Å². The Labute approximate surface area is 337 Å². The van der Waals surface area contributed by atoms with Crippen molar-refractivity contribution in [2.45, 2.75) is 136 Å². The average Bonchev–Trinajstić information content (AvgIpc) is 3.35. The maximum Gasteiger partial charge on any atom is 0.534 e. The van der Waals surface area contributed by atoms with Gasteiger partial charge in [-0.2, -0.15) is 21.6 Å². The van der Waals surface area contributed by atoms with Gasteiger partial charge >= 0.3 is 22.7 Å². The molecule has 1 fully saturated rings. The third-order valence-corrected chi connectivity index (χ3v) is 13.4. The second kappa shape index (κ2) is 16.7. The highest BCUT2D eigenvalue weighted by Crippen LogP contribution is 2.43. The van der Waals surface area contributed by atoms with Gasteiger partial charge < -0.3 is 23.7 Å². The molecule has 1 saturated heterocycles. The lowest BCUT2D eigenvalue weighted by molar-refractivity contribution is -0.0500. The number of rotatable bonds is 11. The minimum Gasteiger partial charge on any atom is -0.508 e. The molecule has 0 spiro atoms. The topological polar surface area (TPSA) is 102 Å². The summed E-state index contributed by atoms with van der Waals surface area (Å²) >= 11 is 0. The van der Waals surface area contributed by atoms with Crippen LogP contribution in [0.5, 0.6) is 17.2 Å². The van der Waals surface area contributed by atoms with Crippen LogP contribution in [0.4, 0.5) is 13.2 Å². The summed E-state index contributed by atoms with van der Waals surface area (Å²) in [5.74, 6) is 0.174. The normalized spacial score (nSPS) is 15.6. The quantitative estimate of drug-likeness (QED) is 0.0883. The van der Waals surface area contributed by atoms with Gasteiger partial charge in [-0.1, -0.05) is 87.9 Å². The van der Waals surface area contributed by atoms with Gasteiger partial charge in [0, 0.05) is 10.8 Å². The van der Waals surface area contributed by atoms with Crippen molar-refractivity contribution in [1.29, 1.82) is 0 Å². The van der Waals surface area contributed by atoms with E-state index in [-0.39, 0.29) is 40.8 Å². The number of benzene rings is 4. The Hall–Kier alpha value is -4.00. The first-order chi connectivity index (χ1) is 26.3. The fraction of sp³-hybridized carbons (Fsp3) is 0.467. The monoisotopic (exact) mass is 810 g/mol. The predicted octanol–water partition coefficient (Wildman–Crippen LogP) is 10.8. The molecule has 4 aromatic carbocycles. The Balaban J connectivity index is 0.000000253. The number of hydrogen-bond acceptors (Lipinski definition) is 7. The van der Waals surface area contributed by atoms with E-state index >= 15 is 0 Å². The van der Waals surface area contributed by atoms with Gasteiger partial charge in [-0.15, -0.1) is 0 Å². The van der Waals surface area contributed by atoms with E-state index in [0.717, 1.165) is 40.6 Å². The van der Waals surface area contributed by atoms with E-state index < -0.39 is 21.0 Å². The number of halogens is 3. The van der Waals surface area contributed by atoms with Crippen LogP contribution in [0.2, 0.25) is 0 Å². The molecule has 0 radical (unpaired) electrons. The van der Waals surface area contributed by atoms with E-state index in [1.54, 1.807) is 25.1 Å². The molecule has 0 bridgehead atoms. The summed E-state index contributed by atoms with van der Waals surface area (Å²) in [7, 11) is -6.07. The van der Waals surface area contributed by atoms with Gasteiger partial charge in [0.05, 0.1) is 11.2 Å². The Morgan fingerprint density at radius 1 is 0.596 bits per heavy atom. The van der Waals surface area contributed by atoms with Crippen molar-refractivity contribution in [3.63, 3.8) is 0 Å². The van der Waals surface area contributed by atoms with Crippen molar-refractivity contribution in [1.82, 2.24) is 0 Å². The third-order valence-electron chi connectivity index (χ3n) is 12.5. The van der Waals surface area contributed by atoms with Crippen LogP contribution < -0.4 is 9.65 Å². The molecule has 57 heavy (non-hydrogen) atoms. The van der Waals surface area contributed by atoms with Gasteiger partial charge in [0.1, 0.15) is 17.2 Å². The zero-order valence-corrected chi connectivity index (χ0v) is 36.1. The molecule has 0 amide bonds. The van der Waals surface area contributed by atoms with Crippen molar-refractivity contribution in [3.8, 4) is 17.2 Å². The van der Waals surface area contributed by atoms with Crippen LogP contribution in [0.3, 0.4) is 0 Å². The molecule has 5 rings (SSSR count). The first kappa shape index (κ1) is 45.7. The first-order valence-corrected chi connectivity index (χ1v) is 20.9. The number of alkyl halides is 3. The van der Waals surface area contributed by atoms with Crippen LogP contribution >= 0.6 is 0 Å². The van der Waals surface area contributed by atoms with Gasteiger partial charge in [0.15, 0.2) is 0 Å². The standard InChI is InChI=1S/C25H35BO3.C20H23F3O4S/c1-9-25(10-2,20-12-14-22(27)18(4)16-20)19-11-13-21(17(3)15-19)26-28-23(5,6)24(7,8)29-26;1-5-19(6-2,15-7-9-17(24)13(3)11-15)16-8-10-18(14(4)12-16)27-28(25,26)20(21,22)23/h11-16,27H,9-10H2,1-8H3;7-12,24H,5-6H2,1-4H3. The summed E-state index contributed by atoms with van der Waals surface area (Å²) in [5.41, 5.74) is 1.83. The van der Waals surface area contributed by atoms with E-state index in [9.17, 15) is 31.8 Å². The molecule has 4 aromatic rings. The molecule has 310 valence electrons. The largest absolute Gasteiger partial charge is 0.534 e. The zero-order valence-electron chi connectivity index (χ0n) is 35.3. The van der Waals surface area contributed by atoms with Crippen LogP contribution in [-0.4, -0.2) is 42.5 Å². The van der Waals surface area contributed by atoms with Gasteiger partial charge in [-0.3, -0.25) is 0 Å². The second-order valence-corrected chi connectivity index (χ2v) is 17.7. The lowest BCUT2D eigenvalue weighted by Gasteiger charge is -2.34. The molecule has 0 aliphatic carbocycles. The Kier molecular flexibility index (Phi) is 13.4. The van der Waals surface area contributed by atoms with Crippen molar-refractivity contribution in [3.05, 3.63) is 117 Å². The van der Waals surface area contributed by atoms with Crippen molar-refractivity contribution in [2.75, 3.05) is 0 Å². The Morgan fingerprint density at radius 2 is 0.947 bits per heavy atom. The Morgan fingerprint density at radius 3 is 1.28 bits per heavy atom. The molecule has 1 aliphatic rings. The first-order valence-electron chi connectivity index (χ1n) is 19.5. The summed E-state index contributed by atoms with van der Waals surface area (Å²) in [6.45, 7) is 24.2. The average molecular weight is 811 g/mol. The van der Waals surface area contributed by atoms with E-state index in [1.807, 2.05) is 39.0 Å². The van der Waals surface area contributed by atoms with Crippen LogP contribution in [-0.2, 0) is 30.3 Å². The number of aryl methyl sites for hydroxylation is 4. The van der Waals surface area contributed by atoms with Crippen molar-refractivity contribution < 1.29 is 45.3 Å². The maximum absolute atomic E-state index is 12.6. The van der Waals surface area contributed by atoms with Gasteiger partial charge in [-0.05, 0) is 144 Å². The molecule has 7 nitrogen and oxygen atoms in total. The minimum absolute atomic E-state index is 0.0856. The second-order valence-electron chi connectivity index (χ2n) is 16.2. The fourth-order valence-electron chi connectivity index (χ4n) is 7.79. The fourth-order valence-corrected chi connectivity index (χ4v) is 8.30. The molecular weight excluding hydrogens is 752 g/mol. The SMILES string of the molecule is CCC(CC)(c1ccc(O)c(C)c1)c1ccc(B2OC(C)(C)C(C)(C)O2)c(C)c1.CCC(CC)(c1ccc(O)c(C)c1)c1ccc(OS(=O)(=O)C(F)(F)F)c(C)c1. The predicted molar refractivity (Wildman–Crippen MR) is 222 cm³/mol. The lowest BCUT2D eigenvalue weighted by atomic mass is 9.68. The molecule has 1 heterocycles. The number of phenolic OH excluding ortho intramolecular Hbond substituents is 2. The van der Waals surface area contributed by atoms with E-state index in [1.165, 1.54) is 29.7 Å². The molecule has 1 aliphatic heterocycles. The summed E-state index contributed by atoms with van der Waals surface area (Å²) < 4.78 is 77.2. The lowest BCUT2D eigenvalue weighted by Crippen LogP contribution is -2.41. The maximum atomic E-state index is 12.6. The summed E-state index contributed by atoms with van der Waals surface area (Å²) in [6, 6.07) is 22.5. The highest BCUT2D eigenvalue weighted by atomic mass is 32.2. The summed E-state index contributed by atoms with van der Waals surface area (Å²) in [5, 5.41) is 19.8. The molecule has 0 unspecified atom stereocenters. The molecule has 0 atom stereocenters. The van der Waals surface area contributed by atoms with Crippen molar-refractivity contribution in [2.24, 2.45) is 0 Å². The summed E-state index contributed by atoms with van der Waals surface area (Å²) in [6.07, 6.45) is 3.38. The Bertz CT molecular complexity index is 2160. The van der Waals surface area contributed by atoms with Crippen LogP contribution in [0.25, 0.3) is 0 Å². The highest BCUT2D eigenvalue weighted by Gasteiger charge is 2.52. The molecular formula is C45H58BF3O7S. The number of phenols is 2. The number of aromatic hydroxyl groups is 2. The highest BCUT2D eigenvalue weighted by molar-refractivity contribution is 7.88.